The van der Waals surface area contributed by atoms with Crippen LogP contribution in [-0.2, 0) is 11.2 Å². The summed E-state index contributed by atoms with van der Waals surface area (Å²) in [6.07, 6.45) is 1.13. The summed E-state index contributed by atoms with van der Waals surface area (Å²) in [6.45, 7) is 7.24. The Morgan fingerprint density at radius 1 is 1.31 bits per heavy atom. The minimum atomic E-state index is 0.886. The van der Waals surface area contributed by atoms with Crippen molar-refractivity contribution in [2.24, 2.45) is 0 Å². The van der Waals surface area contributed by atoms with Gasteiger partial charge in [0.15, 0.2) is 0 Å². The van der Waals surface area contributed by atoms with Gasteiger partial charge in [0.1, 0.15) is 0 Å². The summed E-state index contributed by atoms with van der Waals surface area (Å²) in [7, 11) is 0. The zero-order chi connectivity index (χ0) is 11.4. The molecule has 1 saturated heterocycles. The molecular weight excluding hydrogens is 266 g/mol. The number of nitrogens with zero attached hydrogens (tertiary/aromatic N) is 1. The Morgan fingerprint density at radius 2 is 2.06 bits per heavy atom. The zero-order valence-corrected chi connectivity index (χ0v) is 11.3. The lowest BCUT2D eigenvalue weighted by molar-refractivity contribution is 0.0384. The second-order valence-corrected chi connectivity index (χ2v) is 5.08. The highest BCUT2D eigenvalue weighted by molar-refractivity contribution is 9.10. The Hall–Kier alpha value is -0.380. The first-order chi connectivity index (χ1) is 7.77. The van der Waals surface area contributed by atoms with Gasteiger partial charge in [-0.15, -0.1) is 0 Å². The van der Waals surface area contributed by atoms with Crippen LogP contribution >= 0.6 is 15.9 Å². The topological polar surface area (TPSA) is 12.5 Å². The molecule has 0 saturated carbocycles. The number of ether oxygens (including phenoxy) is 1. The smallest absolute Gasteiger partial charge is 0.0594 e. The van der Waals surface area contributed by atoms with Crippen molar-refractivity contribution in [3.63, 3.8) is 0 Å². The average molecular weight is 284 g/mol. The van der Waals surface area contributed by atoms with Crippen molar-refractivity contribution in [3.05, 3.63) is 33.8 Å². The standard InChI is InChI=1S/C13H18BrNO/c1-11-12(3-2-4-13(11)14)5-6-15-7-9-16-10-8-15/h2-4H,5-10H2,1H3. The van der Waals surface area contributed by atoms with E-state index in [1.54, 1.807) is 0 Å². The summed E-state index contributed by atoms with van der Waals surface area (Å²) in [5, 5.41) is 0. The van der Waals surface area contributed by atoms with E-state index < -0.39 is 0 Å². The molecule has 3 heteroatoms. The first-order valence-corrected chi connectivity index (χ1v) is 6.61. The van der Waals surface area contributed by atoms with Gasteiger partial charge in [-0.05, 0) is 30.5 Å². The highest BCUT2D eigenvalue weighted by atomic mass is 79.9. The van der Waals surface area contributed by atoms with Crippen LogP contribution in [0.4, 0.5) is 0 Å². The Kier molecular flexibility index (Phi) is 4.38. The predicted molar refractivity (Wildman–Crippen MR) is 69.8 cm³/mol. The van der Waals surface area contributed by atoms with Gasteiger partial charge < -0.3 is 4.74 Å². The van der Waals surface area contributed by atoms with Crippen molar-refractivity contribution < 1.29 is 4.74 Å². The number of rotatable bonds is 3. The molecule has 0 aliphatic carbocycles. The van der Waals surface area contributed by atoms with Crippen molar-refractivity contribution in [3.8, 4) is 0 Å². The molecule has 0 bridgehead atoms. The van der Waals surface area contributed by atoms with E-state index in [1.807, 2.05) is 0 Å². The van der Waals surface area contributed by atoms with Gasteiger partial charge in [0, 0.05) is 24.1 Å². The molecule has 1 aromatic carbocycles. The number of morpholine rings is 1. The normalized spacial score (nSPS) is 17.6. The SMILES string of the molecule is Cc1c(Br)cccc1CCN1CCOCC1. The lowest BCUT2D eigenvalue weighted by Crippen LogP contribution is -2.37. The molecule has 1 aliphatic rings. The largest absolute Gasteiger partial charge is 0.379 e. The molecule has 1 aromatic rings. The highest BCUT2D eigenvalue weighted by Gasteiger charge is 2.10. The van der Waals surface area contributed by atoms with Crippen molar-refractivity contribution in [2.75, 3.05) is 32.8 Å². The molecule has 0 radical (unpaired) electrons. The number of benzene rings is 1. The van der Waals surface area contributed by atoms with E-state index in [2.05, 4.69) is 46.0 Å². The molecule has 1 heterocycles. The lowest BCUT2D eigenvalue weighted by atomic mass is 10.1. The van der Waals surface area contributed by atoms with Gasteiger partial charge in [-0.1, -0.05) is 28.1 Å². The van der Waals surface area contributed by atoms with E-state index in [0.29, 0.717) is 0 Å². The molecule has 16 heavy (non-hydrogen) atoms. The molecule has 0 spiro atoms. The maximum absolute atomic E-state index is 5.35. The molecular formula is C13H18BrNO. The van der Waals surface area contributed by atoms with Gasteiger partial charge in [0.2, 0.25) is 0 Å². The van der Waals surface area contributed by atoms with Crippen LogP contribution in [0.25, 0.3) is 0 Å². The monoisotopic (exact) mass is 283 g/mol. The average Bonchev–Trinajstić information content (AvgIpc) is 2.32. The molecule has 0 unspecified atom stereocenters. The lowest BCUT2D eigenvalue weighted by Gasteiger charge is -2.26. The van der Waals surface area contributed by atoms with Crippen LogP contribution in [-0.4, -0.2) is 37.7 Å². The molecule has 0 atom stereocenters. The van der Waals surface area contributed by atoms with E-state index in [4.69, 9.17) is 4.74 Å². The fraction of sp³-hybridized carbons (Fsp3) is 0.538. The van der Waals surface area contributed by atoms with Gasteiger partial charge >= 0.3 is 0 Å². The Bertz CT molecular complexity index is 348. The summed E-state index contributed by atoms with van der Waals surface area (Å²) < 4.78 is 6.56. The zero-order valence-electron chi connectivity index (χ0n) is 9.71. The van der Waals surface area contributed by atoms with Gasteiger partial charge in [-0.2, -0.15) is 0 Å². The number of hydrogen-bond donors (Lipinski definition) is 0. The first-order valence-electron chi connectivity index (χ1n) is 5.81. The van der Waals surface area contributed by atoms with Crippen LogP contribution in [0.5, 0.6) is 0 Å². The fourth-order valence-electron chi connectivity index (χ4n) is 2.03. The van der Waals surface area contributed by atoms with Crippen LogP contribution < -0.4 is 0 Å². The maximum Gasteiger partial charge on any atom is 0.0594 e. The van der Waals surface area contributed by atoms with E-state index in [-0.39, 0.29) is 0 Å². The van der Waals surface area contributed by atoms with Crippen LogP contribution in [0.1, 0.15) is 11.1 Å². The molecule has 0 aromatic heterocycles. The molecule has 0 amide bonds. The van der Waals surface area contributed by atoms with Gasteiger partial charge in [0.25, 0.3) is 0 Å². The van der Waals surface area contributed by atoms with Crippen molar-refractivity contribution in [1.82, 2.24) is 4.90 Å². The van der Waals surface area contributed by atoms with Gasteiger partial charge in [0.05, 0.1) is 13.2 Å². The molecule has 1 fully saturated rings. The highest BCUT2D eigenvalue weighted by Crippen LogP contribution is 2.20. The van der Waals surface area contributed by atoms with E-state index in [0.717, 1.165) is 39.3 Å². The van der Waals surface area contributed by atoms with Crippen LogP contribution in [0.2, 0.25) is 0 Å². The minimum absolute atomic E-state index is 0.886. The Labute approximate surface area is 106 Å². The van der Waals surface area contributed by atoms with Gasteiger partial charge in [-0.3, -0.25) is 4.90 Å². The van der Waals surface area contributed by atoms with Crippen LogP contribution in [0.15, 0.2) is 22.7 Å². The second kappa shape index (κ2) is 5.80. The van der Waals surface area contributed by atoms with E-state index >= 15 is 0 Å². The molecule has 0 N–H and O–H groups in total. The third-order valence-corrected chi connectivity index (χ3v) is 4.04. The Balaban J connectivity index is 1.91. The predicted octanol–water partition coefficient (Wildman–Crippen LogP) is 2.63. The van der Waals surface area contributed by atoms with Crippen LogP contribution in [0.3, 0.4) is 0 Å². The number of hydrogen-bond acceptors (Lipinski definition) is 2. The molecule has 1 aliphatic heterocycles. The summed E-state index contributed by atoms with van der Waals surface area (Å²) >= 11 is 3.58. The minimum Gasteiger partial charge on any atom is -0.379 e. The summed E-state index contributed by atoms with van der Waals surface area (Å²) in [5.74, 6) is 0. The van der Waals surface area contributed by atoms with E-state index in [9.17, 15) is 0 Å². The summed E-state index contributed by atoms with van der Waals surface area (Å²) in [6, 6.07) is 6.44. The maximum atomic E-state index is 5.35. The van der Waals surface area contributed by atoms with E-state index in [1.165, 1.54) is 15.6 Å². The third kappa shape index (κ3) is 3.06. The summed E-state index contributed by atoms with van der Waals surface area (Å²) in [5.41, 5.74) is 2.82. The molecule has 88 valence electrons. The second-order valence-electron chi connectivity index (χ2n) is 4.23. The number of halogens is 1. The fourth-order valence-corrected chi connectivity index (χ4v) is 2.43. The first kappa shape index (κ1) is 12.1. The van der Waals surface area contributed by atoms with Crippen molar-refractivity contribution >= 4 is 15.9 Å². The molecule has 2 rings (SSSR count). The van der Waals surface area contributed by atoms with Crippen molar-refractivity contribution in [1.29, 1.82) is 0 Å². The van der Waals surface area contributed by atoms with Gasteiger partial charge in [-0.25, -0.2) is 0 Å². The third-order valence-electron chi connectivity index (χ3n) is 3.18. The Morgan fingerprint density at radius 3 is 2.81 bits per heavy atom. The quantitative estimate of drug-likeness (QED) is 0.846. The van der Waals surface area contributed by atoms with Crippen molar-refractivity contribution in [2.45, 2.75) is 13.3 Å². The summed E-state index contributed by atoms with van der Waals surface area (Å²) in [4.78, 5) is 2.48. The molecule has 2 nitrogen and oxygen atoms in total. The van der Waals surface area contributed by atoms with Crippen LogP contribution in [0, 0.1) is 6.92 Å².